The zero-order valence-electron chi connectivity index (χ0n) is 20.4. The van der Waals surface area contributed by atoms with Gasteiger partial charge in [-0.05, 0) is 51.0 Å². The number of hydrogen-bond acceptors (Lipinski definition) is 7. The molecule has 0 radical (unpaired) electrons. The summed E-state index contributed by atoms with van der Waals surface area (Å²) in [5.74, 6) is 0.248. The van der Waals surface area contributed by atoms with Gasteiger partial charge in [0.1, 0.15) is 22.9 Å². The Labute approximate surface area is 207 Å². The van der Waals surface area contributed by atoms with Crippen molar-refractivity contribution < 1.29 is 13.5 Å². The maximum atomic E-state index is 14.9. The number of anilines is 2. The summed E-state index contributed by atoms with van der Waals surface area (Å²) in [4.78, 5) is 19.6. The molecule has 2 aliphatic heterocycles. The van der Waals surface area contributed by atoms with Crippen molar-refractivity contribution in [3.8, 4) is 11.3 Å². The molecule has 8 nitrogen and oxygen atoms in total. The topological polar surface area (TPSA) is 81.0 Å². The second-order valence-electron chi connectivity index (χ2n) is 9.90. The summed E-state index contributed by atoms with van der Waals surface area (Å²) in [5.41, 5.74) is 2.51. The lowest BCUT2D eigenvalue weighted by atomic mass is 9.82. The Bertz CT molecular complexity index is 1440. The quantitative estimate of drug-likeness (QED) is 0.416. The summed E-state index contributed by atoms with van der Waals surface area (Å²) in [7, 11) is 0. The molecule has 0 aliphatic carbocycles. The van der Waals surface area contributed by atoms with Crippen LogP contribution in [0, 0.1) is 18.6 Å². The third kappa shape index (κ3) is 3.81. The van der Waals surface area contributed by atoms with E-state index >= 15 is 0 Å². The lowest BCUT2D eigenvalue weighted by Crippen LogP contribution is -2.70. The molecular formula is C26H27F2N7O. The predicted octanol–water partition coefficient (Wildman–Crippen LogP) is 4.77. The number of hydrogen-bond donors (Lipinski definition) is 1. The van der Waals surface area contributed by atoms with Crippen molar-refractivity contribution in [1.29, 1.82) is 0 Å². The standard InChI is InChI=1S/C26H27F2N7O/c1-15(2)35-16(3)31-24-19(27)8-18(9-21(24)35)23-20(28)11-30-25(33-23)32-22-5-4-17(10-29-22)12-34-7-6-26(34)13-36-14-26/h4-5,8-11,15H,6-7,12-14H2,1-3H3,(H,29,30,32,33). The number of aryl methyl sites for hydroxylation is 1. The maximum Gasteiger partial charge on any atom is 0.229 e. The molecule has 3 aromatic heterocycles. The number of halogens is 2. The molecular weight excluding hydrogens is 464 g/mol. The molecule has 2 saturated heterocycles. The first kappa shape index (κ1) is 22.9. The molecule has 2 fully saturated rings. The minimum Gasteiger partial charge on any atom is -0.377 e. The summed E-state index contributed by atoms with van der Waals surface area (Å²) in [6.45, 7) is 9.32. The lowest BCUT2D eigenvalue weighted by molar-refractivity contribution is -0.195. The van der Waals surface area contributed by atoms with Crippen molar-refractivity contribution in [3.63, 3.8) is 0 Å². The summed E-state index contributed by atoms with van der Waals surface area (Å²) in [5, 5.41) is 3.03. The maximum absolute atomic E-state index is 14.9. The van der Waals surface area contributed by atoms with Crippen molar-refractivity contribution in [2.24, 2.45) is 0 Å². The highest BCUT2D eigenvalue weighted by atomic mass is 19.1. The van der Waals surface area contributed by atoms with Crippen LogP contribution in [-0.4, -0.2) is 54.7 Å². The molecule has 36 heavy (non-hydrogen) atoms. The SMILES string of the molecule is Cc1nc2c(F)cc(-c3nc(Nc4ccc(CN5CCC56COC6)cn4)ncc3F)cc2n1C(C)C. The first-order valence-corrected chi connectivity index (χ1v) is 12.1. The molecule has 0 unspecified atom stereocenters. The van der Waals surface area contributed by atoms with Gasteiger partial charge in [-0.25, -0.2) is 28.7 Å². The predicted molar refractivity (Wildman–Crippen MR) is 132 cm³/mol. The van der Waals surface area contributed by atoms with Gasteiger partial charge in [0.15, 0.2) is 11.6 Å². The number of fused-ring (bicyclic) bond motifs is 1. The van der Waals surface area contributed by atoms with Gasteiger partial charge >= 0.3 is 0 Å². The van der Waals surface area contributed by atoms with Gasteiger partial charge in [-0.1, -0.05) is 6.07 Å². The number of nitrogens with one attached hydrogen (secondary N) is 1. The highest BCUT2D eigenvalue weighted by molar-refractivity contribution is 5.83. The molecule has 186 valence electrons. The van der Waals surface area contributed by atoms with E-state index in [0.29, 0.717) is 22.7 Å². The van der Waals surface area contributed by atoms with Gasteiger partial charge in [0.2, 0.25) is 5.95 Å². The first-order valence-electron chi connectivity index (χ1n) is 12.1. The molecule has 4 aromatic rings. The van der Waals surface area contributed by atoms with E-state index in [1.807, 2.05) is 43.7 Å². The van der Waals surface area contributed by atoms with Gasteiger partial charge in [0.05, 0.1) is 30.5 Å². The summed E-state index contributed by atoms with van der Waals surface area (Å²) < 4.78 is 37.0. The van der Waals surface area contributed by atoms with Gasteiger partial charge < -0.3 is 14.6 Å². The van der Waals surface area contributed by atoms with Gasteiger partial charge in [0, 0.05) is 30.9 Å². The Kier molecular flexibility index (Phi) is 5.45. The van der Waals surface area contributed by atoms with Crippen molar-refractivity contribution >= 4 is 22.8 Å². The van der Waals surface area contributed by atoms with E-state index in [4.69, 9.17) is 4.74 Å². The second kappa shape index (κ2) is 8.56. The van der Waals surface area contributed by atoms with Crippen LogP contribution < -0.4 is 5.32 Å². The normalized spacial score (nSPS) is 16.9. The molecule has 0 bridgehead atoms. The molecule has 0 atom stereocenters. The second-order valence-corrected chi connectivity index (χ2v) is 9.90. The fourth-order valence-corrected chi connectivity index (χ4v) is 5.11. The van der Waals surface area contributed by atoms with E-state index in [1.54, 1.807) is 6.07 Å². The average molecular weight is 492 g/mol. The van der Waals surface area contributed by atoms with Crippen LogP contribution in [0.15, 0.2) is 36.7 Å². The number of ether oxygens (including phenoxy) is 1. The molecule has 1 N–H and O–H groups in total. The number of pyridine rings is 1. The number of aromatic nitrogens is 5. The zero-order valence-corrected chi connectivity index (χ0v) is 20.4. The van der Waals surface area contributed by atoms with E-state index in [9.17, 15) is 8.78 Å². The molecule has 1 spiro atoms. The highest BCUT2D eigenvalue weighted by Gasteiger charge is 2.50. The number of imidazole rings is 1. The van der Waals surface area contributed by atoms with Crippen LogP contribution in [0.2, 0.25) is 0 Å². The molecule has 6 rings (SSSR count). The number of nitrogens with zero attached hydrogens (tertiary/aromatic N) is 6. The van der Waals surface area contributed by atoms with E-state index < -0.39 is 11.6 Å². The van der Waals surface area contributed by atoms with E-state index in [0.717, 1.165) is 38.1 Å². The van der Waals surface area contributed by atoms with Crippen LogP contribution in [0.25, 0.3) is 22.3 Å². The Morgan fingerprint density at radius 1 is 1.08 bits per heavy atom. The van der Waals surface area contributed by atoms with Crippen LogP contribution >= 0.6 is 0 Å². The van der Waals surface area contributed by atoms with Gasteiger partial charge in [-0.3, -0.25) is 4.90 Å². The van der Waals surface area contributed by atoms with Crippen molar-refractivity contribution in [2.45, 2.75) is 45.3 Å². The minimum absolute atomic E-state index is 0.00452. The molecule has 5 heterocycles. The van der Waals surface area contributed by atoms with Gasteiger partial charge in [0.25, 0.3) is 0 Å². The monoisotopic (exact) mass is 491 g/mol. The van der Waals surface area contributed by atoms with Crippen LogP contribution in [0.3, 0.4) is 0 Å². The largest absolute Gasteiger partial charge is 0.377 e. The summed E-state index contributed by atoms with van der Waals surface area (Å²) >= 11 is 0. The molecule has 0 amide bonds. The smallest absolute Gasteiger partial charge is 0.229 e. The zero-order chi connectivity index (χ0) is 25.0. The number of likely N-dealkylation sites (tertiary alicyclic amines) is 1. The number of rotatable bonds is 6. The Hall–Kier alpha value is -3.50. The summed E-state index contributed by atoms with van der Waals surface area (Å²) in [6.07, 6.45) is 4.08. The number of benzene rings is 1. The lowest BCUT2D eigenvalue weighted by Gasteiger charge is -2.57. The Balaban J connectivity index is 1.25. The highest BCUT2D eigenvalue weighted by Crippen LogP contribution is 2.38. The van der Waals surface area contributed by atoms with Crippen LogP contribution in [0.4, 0.5) is 20.5 Å². The molecule has 10 heteroatoms. The van der Waals surface area contributed by atoms with E-state index in [1.165, 1.54) is 12.5 Å². The van der Waals surface area contributed by atoms with Crippen LogP contribution in [-0.2, 0) is 11.3 Å². The third-order valence-electron chi connectivity index (χ3n) is 7.16. The van der Waals surface area contributed by atoms with Gasteiger partial charge in [-0.15, -0.1) is 0 Å². The summed E-state index contributed by atoms with van der Waals surface area (Å²) in [6, 6.07) is 6.90. The van der Waals surface area contributed by atoms with Crippen LogP contribution in [0.1, 0.15) is 37.7 Å². The Morgan fingerprint density at radius 3 is 2.56 bits per heavy atom. The minimum atomic E-state index is -0.640. The van der Waals surface area contributed by atoms with Crippen molar-refractivity contribution in [2.75, 3.05) is 25.1 Å². The van der Waals surface area contributed by atoms with Crippen molar-refractivity contribution in [3.05, 3.63) is 59.7 Å². The molecule has 1 aromatic carbocycles. The van der Waals surface area contributed by atoms with E-state index in [-0.39, 0.29) is 28.7 Å². The fraction of sp³-hybridized carbons (Fsp3) is 0.385. The first-order chi connectivity index (χ1) is 17.3. The van der Waals surface area contributed by atoms with E-state index in [2.05, 4.69) is 30.2 Å². The van der Waals surface area contributed by atoms with Gasteiger partial charge in [-0.2, -0.15) is 0 Å². The van der Waals surface area contributed by atoms with Crippen molar-refractivity contribution in [1.82, 2.24) is 29.4 Å². The average Bonchev–Trinajstić information content (AvgIpc) is 3.14. The molecule has 2 aliphatic rings. The molecule has 0 saturated carbocycles. The van der Waals surface area contributed by atoms with Crippen LogP contribution in [0.5, 0.6) is 0 Å². The third-order valence-corrected chi connectivity index (χ3v) is 7.16. The Morgan fingerprint density at radius 2 is 1.92 bits per heavy atom. The fourth-order valence-electron chi connectivity index (χ4n) is 5.11.